The Hall–Kier alpha value is -2.18. The van der Waals surface area contributed by atoms with E-state index in [1.54, 1.807) is 31.3 Å². The monoisotopic (exact) mass is 407 g/mol. The molecular formula is C23H28F3NO2. The summed E-state index contributed by atoms with van der Waals surface area (Å²) in [6.07, 6.45) is 3.37. The molecule has 1 heterocycles. The van der Waals surface area contributed by atoms with Gasteiger partial charge in [-0.1, -0.05) is 37.8 Å². The summed E-state index contributed by atoms with van der Waals surface area (Å²) in [5.74, 6) is 0.171. The van der Waals surface area contributed by atoms with Crippen LogP contribution in [-0.2, 0) is 4.74 Å². The van der Waals surface area contributed by atoms with E-state index in [2.05, 4.69) is 18.5 Å². The second-order valence-electron chi connectivity index (χ2n) is 7.27. The van der Waals surface area contributed by atoms with Crippen molar-refractivity contribution in [2.45, 2.75) is 58.4 Å². The van der Waals surface area contributed by atoms with Crippen LogP contribution in [0.2, 0.25) is 0 Å². The van der Waals surface area contributed by atoms with Gasteiger partial charge in [-0.25, -0.2) is 13.2 Å². The molecule has 0 amide bonds. The first-order valence-electron chi connectivity index (χ1n) is 9.69. The number of aliphatic hydroxyl groups excluding tert-OH is 1. The van der Waals surface area contributed by atoms with E-state index in [9.17, 15) is 18.3 Å². The Kier molecular flexibility index (Phi) is 8.41. The Balaban J connectivity index is 0.000000212. The molecule has 2 aliphatic rings. The molecule has 1 aliphatic carbocycles. The molecule has 158 valence electrons. The Morgan fingerprint density at radius 2 is 1.93 bits per heavy atom. The lowest BCUT2D eigenvalue weighted by Crippen LogP contribution is -2.18. The molecule has 0 spiro atoms. The molecule has 1 aromatic carbocycles. The molecule has 1 aromatic rings. The maximum absolute atomic E-state index is 12.7. The van der Waals surface area contributed by atoms with Gasteiger partial charge in [0, 0.05) is 23.8 Å². The molecule has 0 aromatic heterocycles. The summed E-state index contributed by atoms with van der Waals surface area (Å²) in [7, 11) is 0. The summed E-state index contributed by atoms with van der Waals surface area (Å²) in [5.41, 5.74) is 1.72. The van der Waals surface area contributed by atoms with Gasteiger partial charge in [0.1, 0.15) is 11.9 Å². The zero-order valence-corrected chi connectivity index (χ0v) is 17.0. The minimum Gasteiger partial charge on any atom is -0.386 e. The van der Waals surface area contributed by atoms with Crippen molar-refractivity contribution in [2.75, 3.05) is 0 Å². The minimum atomic E-state index is -2.50. The molecular weight excluding hydrogens is 379 g/mol. The van der Waals surface area contributed by atoms with Crippen molar-refractivity contribution in [2.24, 2.45) is 10.9 Å². The molecule has 0 saturated carbocycles. The van der Waals surface area contributed by atoms with Crippen LogP contribution in [0.15, 0.2) is 64.8 Å². The fourth-order valence-corrected chi connectivity index (χ4v) is 3.28. The number of nitrogens with zero attached hydrogens (tertiary/aromatic N) is 1. The zero-order valence-electron chi connectivity index (χ0n) is 17.0. The quantitative estimate of drug-likeness (QED) is 0.628. The van der Waals surface area contributed by atoms with Crippen molar-refractivity contribution in [3.63, 3.8) is 0 Å². The van der Waals surface area contributed by atoms with Crippen LogP contribution in [-0.4, -0.2) is 30.0 Å². The second kappa shape index (κ2) is 10.6. The molecule has 4 atom stereocenters. The topological polar surface area (TPSA) is 41.8 Å². The van der Waals surface area contributed by atoms with Gasteiger partial charge in [-0.3, -0.25) is 4.99 Å². The first-order chi connectivity index (χ1) is 13.7. The first kappa shape index (κ1) is 23.1. The predicted molar refractivity (Wildman–Crippen MR) is 110 cm³/mol. The smallest absolute Gasteiger partial charge is 0.263 e. The lowest BCUT2D eigenvalue weighted by Gasteiger charge is -2.18. The van der Waals surface area contributed by atoms with Gasteiger partial charge < -0.3 is 9.84 Å². The number of ether oxygens (including phenoxy) is 1. The van der Waals surface area contributed by atoms with Gasteiger partial charge in [0.15, 0.2) is 0 Å². The van der Waals surface area contributed by atoms with Crippen molar-refractivity contribution >= 4 is 6.21 Å². The van der Waals surface area contributed by atoms with Gasteiger partial charge in [0.2, 0.25) is 0 Å². The average Bonchev–Trinajstić information content (AvgIpc) is 3.28. The third kappa shape index (κ3) is 6.15. The number of allylic oxidation sites excluding steroid dienone is 4. The highest BCUT2D eigenvalue weighted by molar-refractivity contribution is 5.58. The summed E-state index contributed by atoms with van der Waals surface area (Å²) in [5, 5.41) is 10.1. The zero-order chi connectivity index (χ0) is 21.6. The number of aliphatic imine (C=N–C) groups is 1. The van der Waals surface area contributed by atoms with Crippen LogP contribution in [0.25, 0.3) is 0 Å². The average molecular weight is 407 g/mol. The molecule has 3 rings (SSSR count). The third-order valence-electron chi connectivity index (χ3n) is 5.16. The maximum Gasteiger partial charge on any atom is 0.263 e. The van der Waals surface area contributed by atoms with Crippen molar-refractivity contribution in [1.82, 2.24) is 0 Å². The van der Waals surface area contributed by atoms with E-state index in [1.165, 1.54) is 12.1 Å². The lowest BCUT2D eigenvalue weighted by molar-refractivity contribution is -0.0321. The van der Waals surface area contributed by atoms with E-state index < -0.39 is 12.5 Å². The van der Waals surface area contributed by atoms with Crippen molar-refractivity contribution in [3.05, 3.63) is 71.2 Å². The fraction of sp³-hybridized carbons (Fsp3) is 0.435. The highest BCUT2D eigenvalue weighted by Crippen LogP contribution is 2.33. The maximum atomic E-state index is 12.7. The molecule has 3 nitrogen and oxygen atoms in total. The molecule has 1 fully saturated rings. The molecule has 0 radical (unpaired) electrons. The van der Waals surface area contributed by atoms with Gasteiger partial charge in [0.25, 0.3) is 6.43 Å². The summed E-state index contributed by atoms with van der Waals surface area (Å²) >= 11 is 0. The highest BCUT2D eigenvalue weighted by Gasteiger charge is 2.34. The van der Waals surface area contributed by atoms with Crippen LogP contribution < -0.4 is 0 Å². The predicted octanol–water partition coefficient (Wildman–Crippen LogP) is 5.79. The van der Waals surface area contributed by atoms with Gasteiger partial charge in [0.05, 0.1) is 17.9 Å². The van der Waals surface area contributed by atoms with E-state index in [4.69, 9.17) is 4.74 Å². The number of benzene rings is 1. The van der Waals surface area contributed by atoms with E-state index in [0.29, 0.717) is 29.2 Å². The standard InChI is InChI=1S/C13H17FO2.C10H11F2N/c1-8-7-12(16-9(8)2)13(15)10-3-5-11(14)6-4-10;1-3-13-9-6-4-5-8(9)7(2)10(11)12/h3-6,8-9,12-13,15H,7H2,1-2H3;3-5,10H,2,6H2,1H3/t8-,9+,12+,13-;/m1./s1. The van der Waals surface area contributed by atoms with Crippen LogP contribution in [0.1, 0.15) is 45.3 Å². The molecule has 29 heavy (non-hydrogen) atoms. The summed E-state index contributed by atoms with van der Waals surface area (Å²) in [6.45, 7) is 9.22. The van der Waals surface area contributed by atoms with Crippen LogP contribution in [0.3, 0.4) is 0 Å². The Labute approximate surface area is 170 Å². The Morgan fingerprint density at radius 3 is 2.45 bits per heavy atom. The number of halogens is 3. The number of alkyl halides is 2. The Bertz CT molecular complexity index is 774. The summed E-state index contributed by atoms with van der Waals surface area (Å²) in [4.78, 5) is 4.01. The van der Waals surface area contributed by atoms with E-state index in [-0.39, 0.29) is 23.6 Å². The molecule has 0 bridgehead atoms. The van der Waals surface area contributed by atoms with Crippen LogP contribution in [0.4, 0.5) is 13.2 Å². The third-order valence-corrected chi connectivity index (χ3v) is 5.16. The van der Waals surface area contributed by atoms with Gasteiger partial charge in [-0.2, -0.15) is 0 Å². The number of hydrogen-bond acceptors (Lipinski definition) is 3. The van der Waals surface area contributed by atoms with E-state index in [1.807, 2.05) is 13.0 Å². The SMILES string of the molecule is C=C(C1=C(N=CC)CC=C1)C(F)F.C[C@@H]1C[C@@H]([C@H](O)c2ccc(F)cc2)O[C@H]1C. The van der Waals surface area contributed by atoms with Gasteiger partial charge >= 0.3 is 0 Å². The number of rotatable bonds is 5. The highest BCUT2D eigenvalue weighted by atomic mass is 19.3. The van der Waals surface area contributed by atoms with E-state index in [0.717, 1.165) is 6.42 Å². The summed E-state index contributed by atoms with van der Waals surface area (Å²) < 4.78 is 43.0. The largest absolute Gasteiger partial charge is 0.386 e. The van der Waals surface area contributed by atoms with Crippen LogP contribution in [0, 0.1) is 11.7 Å². The van der Waals surface area contributed by atoms with Crippen LogP contribution in [0.5, 0.6) is 0 Å². The van der Waals surface area contributed by atoms with Crippen molar-refractivity contribution in [1.29, 1.82) is 0 Å². The number of aliphatic hydroxyl groups is 1. The lowest BCUT2D eigenvalue weighted by atomic mass is 9.97. The van der Waals surface area contributed by atoms with Gasteiger partial charge in [-0.05, 0) is 43.9 Å². The van der Waals surface area contributed by atoms with Crippen LogP contribution >= 0.6 is 0 Å². The van der Waals surface area contributed by atoms with Gasteiger partial charge in [-0.15, -0.1) is 0 Å². The second-order valence-corrected chi connectivity index (χ2v) is 7.27. The van der Waals surface area contributed by atoms with Crippen molar-refractivity contribution < 1.29 is 23.0 Å². The normalized spacial score (nSPS) is 24.9. The van der Waals surface area contributed by atoms with Crippen molar-refractivity contribution in [3.8, 4) is 0 Å². The first-order valence-corrected chi connectivity index (χ1v) is 9.69. The molecule has 1 N–H and O–H groups in total. The molecule has 1 saturated heterocycles. The minimum absolute atomic E-state index is 0.144. The molecule has 0 unspecified atom stereocenters. The van der Waals surface area contributed by atoms with E-state index >= 15 is 0 Å². The number of hydrogen-bond donors (Lipinski definition) is 1. The fourth-order valence-electron chi connectivity index (χ4n) is 3.28. The summed E-state index contributed by atoms with van der Waals surface area (Å²) in [6, 6.07) is 5.94. The molecule has 6 heteroatoms. The Morgan fingerprint density at radius 1 is 1.28 bits per heavy atom. The molecule has 1 aliphatic heterocycles.